The Balaban J connectivity index is 2.03. The second-order valence-electron chi connectivity index (χ2n) is 5.36. The molecule has 0 N–H and O–H groups in total. The molecule has 1 aliphatic heterocycles. The van der Waals surface area contributed by atoms with Crippen LogP contribution < -0.4 is 0 Å². The molecule has 7 heteroatoms. The van der Waals surface area contributed by atoms with Gasteiger partial charge in [0.1, 0.15) is 4.21 Å². The monoisotopic (exact) mass is 350 g/mol. The van der Waals surface area contributed by atoms with Gasteiger partial charge in [0, 0.05) is 43.0 Å². The number of hydrogen-bond acceptors (Lipinski definition) is 4. The minimum atomic E-state index is -3.33. The van der Waals surface area contributed by atoms with E-state index in [1.807, 2.05) is 6.07 Å². The van der Waals surface area contributed by atoms with Crippen LogP contribution >= 0.6 is 22.9 Å². The summed E-state index contributed by atoms with van der Waals surface area (Å²) < 4.78 is 27.3. The number of aryl methyl sites for hydroxylation is 1. The van der Waals surface area contributed by atoms with Gasteiger partial charge in [-0.1, -0.05) is 6.92 Å². The molecule has 1 atom stereocenters. The number of alkyl halides is 1. The summed E-state index contributed by atoms with van der Waals surface area (Å²) >= 11 is 7.05. The Morgan fingerprint density at radius 1 is 1.29 bits per heavy atom. The van der Waals surface area contributed by atoms with E-state index in [4.69, 9.17) is 11.6 Å². The average molecular weight is 351 g/mol. The third-order valence-corrected chi connectivity index (χ3v) is 7.76. The third kappa shape index (κ3) is 3.99. The van der Waals surface area contributed by atoms with Crippen molar-refractivity contribution >= 4 is 33.0 Å². The van der Waals surface area contributed by atoms with Gasteiger partial charge in [-0.05, 0) is 31.9 Å². The summed E-state index contributed by atoms with van der Waals surface area (Å²) in [5.41, 5.74) is 0. The summed E-state index contributed by atoms with van der Waals surface area (Å²) in [6.07, 6.45) is 1.82. The zero-order chi connectivity index (χ0) is 15.5. The predicted molar refractivity (Wildman–Crippen MR) is 88.8 cm³/mol. The van der Waals surface area contributed by atoms with Crippen LogP contribution in [0.25, 0.3) is 0 Å². The molecule has 1 fully saturated rings. The van der Waals surface area contributed by atoms with E-state index in [0.717, 1.165) is 30.8 Å². The molecule has 1 aliphatic rings. The van der Waals surface area contributed by atoms with Crippen LogP contribution in [-0.2, 0) is 16.4 Å². The average Bonchev–Trinajstić information content (AvgIpc) is 2.96. The van der Waals surface area contributed by atoms with E-state index in [1.165, 1.54) is 11.3 Å². The molecule has 0 aromatic carbocycles. The molecule has 21 heavy (non-hydrogen) atoms. The lowest BCUT2D eigenvalue weighted by Gasteiger charge is -2.36. The van der Waals surface area contributed by atoms with E-state index in [2.05, 4.69) is 18.7 Å². The SMILES string of the molecule is CCC(C)N1CCN(S(=O)(=O)c2ccc(CCCl)s2)CC1. The van der Waals surface area contributed by atoms with Gasteiger partial charge >= 0.3 is 0 Å². The fraction of sp³-hybridized carbons (Fsp3) is 0.714. The van der Waals surface area contributed by atoms with Crippen LogP contribution in [0.5, 0.6) is 0 Å². The highest BCUT2D eigenvalue weighted by atomic mass is 35.5. The number of hydrogen-bond donors (Lipinski definition) is 0. The van der Waals surface area contributed by atoms with Crippen LogP contribution in [0.1, 0.15) is 25.1 Å². The number of thiophene rings is 1. The number of rotatable bonds is 6. The number of nitrogens with zero attached hydrogens (tertiary/aromatic N) is 2. The first-order valence-corrected chi connectivity index (χ1v) is 10.2. The summed E-state index contributed by atoms with van der Waals surface area (Å²) in [5.74, 6) is 0.521. The molecular weight excluding hydrogens is 328 g/mol. The molecule has 0 bridgehead atoms. The van der Waals surface area contributed by atoms with Gasteiger partial charge in [0.2, 0.25) is 0 Å². The predicted octanol–water partition coefficient (Wildman–Crippen LogP) is 2.63. The largest absolute Gasteiger partial charge is 0.298 e. The van der Waals surface area contributed by atoms with Crippen molar-refractivity contribution in [2.75, 3.05) is 32.1 Å². The third-order valence-electron chi connectivity index (χ3n) is 4.06. The van der Waals surface area contributed by atoms with E-state index < -0.39 is 10.0 Å². The second kappa shape index (κ2) is 7.42. The van der Waals surface area contributed by atoms with Crippen molar-refractivity contribution in [1.29, 1.82) is 0 Å². The molecule has 0 aliphatic carbocycles. The lowest BCUT2D eigenvalue weighted by molar-refractivity contribution is 0.143. The van der Waals surface area contributed by atoms with Gasteiger partial charge < -0.3 is 0 Å². The quantitative estimate of drug-likeness (QED) is 0.740. The normalized spacial score (nSPS) is 19.8. The second-order valence-corrected chi connectivity index (χ2v) is 9.07. The van der Waals surface area contributed by atoms with E-state index in [-0.39, 0.29) is 0 Å². The summed E-state index contributed by atoms with van der Waals surface area (Å²) in [5, 5.41) is 0. The van der Waals surface area contributed by atoms with Gasteiger partial charge in [0.05, 0.1) is 0 Å². The smallest absolute Gasteiger partial charge is 0.252 e. The molecule has 2 heterocycles. The van der Waals surface area contributed by atoms with Gasteiger partial charge in [-0.3, -0.25) is 4.90 Å². The molecule has 0 amide bonds. The van der Waals surface area contributed by atoms with Crippen molar-refractivity contribution in [2.45, 2.75) is 36.9 Å². The van der Waals surface area contributed by atoms with E-state index in [1.54, 1.807) is 10.4 Å². The van der Waals surface area contributed by atoms with Crippen LogP contribution in [0.3, 0.4) is 0 Å². The fourth-order valence-electron chi connectivity index (χ4n) is 2.49. The standard InChI is InChI=1S/C14H23ClN2O2S2/c1-3-12(2)16-8-10-17(11-9-16)21(18,19)14-5-4-13(20-14)6-7-15/h4-5,12H,3,6-11H2,1-2H3. The van der Waals surface area contributed by atoms with Crippen molar-refractivity contribution in [1.82, 2.24) is 9.21 Å². The molecule has 1 aromatic rings. The number of halogens is 1. The van der Waals surface area contributed by atoms with Gasteiger partial charge in [-0.15, -0.1) is 22.9 Å². The maximum absolute atomic E-state index is 12.6. The summed E-state index contributed by atoms with van der Waals surface area (Å²) in [6.45, 7) is 7.15. The molecule has 1 aromatic heterocycles. The van der Waals surface area contributed by atoms with Gasteiger partial charge in [0.15, 0.2) is 0 Å². The lowest BCUT2D eigenvalue weighted by Crippen LogP contribution is -2.50. The highest BCUT2D eigenvalue weighted by Gasteiger charge is 2.30. The Labute approximate surface area is 136 Å². The zero-order valence-electron chi connectivity index (χ0n) is 12.6. The number of piperazine rings is 1. The Bertz CT molecular complexity index is 551. The van der Waals surface area contributed by atoms with E-state index >= 15 is 0 Å². The van der Waals surface area contributed by atoms with Crippen LogP contribution in [0.2, 0.25) is 0 Å². The maximum atomic E-state index is 12.6. The highest BCUT2D eigenvalue weighted by Crippen LogP contribution is 2.26. The molecule has 120 valence electrons. The Hall–Kier alpha value is -0.140. The molecule has 0 radical (unpaired) electrons. The summed E-state index contributed by atoms with van der Waals surface area (Å²) in [7, 11) is -3.33. The fourth-order valence-corrected chi connectivity index (χ4v) is 5.74. The first kappa shape index (κ1) is 17.2. The summed E-state index contributed by atoms with van der Waals surface area (Å²) in [6, 6.07) is 4.10. The van der Waals surface area contributed by atoms with Gasteiger partial charge in [0.25, 0.3) is 10.0 Å². The van der Waals surface area contributed by atoms with E-state index in [9.17, 15) is 8.42 Å². The maximum Gasteiger partial charge on any atom is 0.252 e. The van der Waals surface area contributed by atoms with Crippen molar-refractivity contribution in [3.05, 3.63) is 17.0 Å². The summed E-state index contributed by atoms with van der Waals surface area (Å²) in [4.78, 5) is 3.39. The lowest BCUT2D eigenvalue weighted by atomic mass is 10.2. The van der Waals surface area contributed by atoms with Crippen molar-refractivity contribution in [3.8, 4) is 0 Å². The molecule has 2 rings (SSSR count). The van der Waals surface area contributed by atoms with Crippen molar-refractivity contribution in [3.63, 3.8) is 0 Å². The molecule has 1 saturated heterocycles. The Morgan fingerprint density at radius 3 is 2.52 bits per heavy atom. The van der Waals surface area contributed by atoms with Crippen LogP contribution in [-0.4, -0.2) is 55.7 Å². The number of sulfonamides is 1. The highest BCUT2D eigenvalue weighted by molar-refractivity contribution is 7.91. The first-order chi connectivity index (χ1) is 9.98. The van der Waals surface area contributed by atoms with Crippen LogP contribution in [0, 0.1) is 0 Å². The van der Waals surface area contributed by atoms with Crippen molar-refractivity contribution in [2.24, 2.45) is 0 Å². The molecular formula is C14H23ClN2O2S2. The van der Waals surface area contributed by atoms with Crippen LogP contribution in [0.15, 0.2) is 16.3 Å². The van der Waals surface area contributed by atoms with E-state index in [0.29, 0.717) is 29.2 Å². The topological polar surface area (TPSA) is 40.6 Å². The van der Waals surface area contributed by atoms with Gasteiger partial charge in [-0.2, -0.15) is 4.31 Å². The first-order valence-electron chi connectivity index (χ1n) is 7.38. The Morgan fingerprint density at radius 2 is 1.95 bits per heavy atom. The van der Waals surface area contributed by atoms with Gasteiger partial charge in [-0.25, -0.2) is 8.42 Å². The molecule has 0 saturated carbocycles. The zero-order valence-corrected chi connectivity index (χ0v) is 15.0. The minimum absolute atomic E-state index is 0.444. The van der Waals surface area contributed by atoms with Crippen molar-refractivity contribution < 1.29 is 8.42 Å². The molecule has 4 nitrogen and oxygen atoms in total. The minimum Gasteiger partial charge on any atom is -0.298 e. The van der Waals surface area contributed by atoms with Crippen LogP contribution in [0.4, 0.5) is 0 Å². The molecule has 0 spiro atoms. The Kier molecular flexibility index (Phi) is 6.08. The molecule has 1 unspecified atom stereocenters.